The van der Waals surface area contributed by atoms with E-state index in [1.54, 1.807) is 0 Å². The van der Waals surface area contributed by atoms with Crippen molar-refractivity contribution in [3.63, 3.8) is 0 Å². The third kappa shape index (κ3) is 1.78. The van der Waals surface area contributed by atoms with E-state index in [1.165, 1.54) is 0 Å². The SMILES string of the molecule is CCCNC(C)(C(N)=O)C1CC1. The largest absolute Gasteiger partial charge is 0.368 e. The third-order valence-electron chi connectivity index (χ3n) is 2.65. The van der Waals surface area contributed by atoms with Crippen LogP contribution < -0.4 is 11.1 Å². The molecule has 3 heteroatoms. The predicted octanol–water partition coefficient (Wildman–Crippen LogP) is 0.640. The van der Waals surface area contributed by atoms with Crippen molar-refractivity contribution >= 4 is 5.91 Å². The van der Waals surface area contributed by atoms with Gasteiger partial charge in [0, 0.05) is 0 Å². The van der Waals surface area contributed by atoms with Crippen molar-refractivity contribution in [1.82, 2.24) is 5.32 Å². The molecule has 1 amide bonds. The van der Waals surface area contributed by atoms with Crippen LogP contribution in [-0.4, -0.2) is 18.0 Å². The predicted molar refractivity (Wildman–Crippen MR) is 48.6 cm³/mol. The van der Waals surface area contributed by atoms with Gasteiger partial charge in [-0.2, -0.15) is 0 Å². The summed E-state index contributed by atoms with van der Waals surface area (Å²) in [4.78, 5) is 11.2. The van der Waals surface area contributed by atoms with Gasteiger partial charge < -0.3 is 11.1 Å². The minimum absolute atomic E-state index is 0.210. The fraction of sp³-hybridized carbons (Fsp3) is 0.889. The molecule has 3 N–H and O–H groups in total. The molecule has 3 nitrogen and oxygen atoms in total. The summed E-state index contributed by atoms with van der Waals surface area (Å²) < 4.78 is 0. The van der Waals surface area contributed by atoms with Gasteiger partial charge in [-0.15, -0.1) is 0 Å². The smallest absolute Gasteiger partial charge is 0.237 e. The second kappa shape index (κ2) is 3.44. The summed E-state index contributed by atoms with van der Waals surface area (Å²) >= 11 is 0. The molecule has 0 bridgehead atoms. The van der Waals surface area contributed by atoms with Crippen LogP contribution in [0.15, 0.2) is 0 Å². The molecule has 1 rings (SSSR count). The first-order chi connectivity index (χ1) is 5.61. The van der Waals surface area contributed by atoms with Crippen molar-refractivity contribution in [2.24, 2.45) is 11.7 Å². The van der Waals surface area contributed by atoms with E-state index in [4.69, 9.17) is 5.73 Å². The molecular formula is C9H18N2O. The maximum absolute atomic E-state index is 11.2. The van der Waals surface area contributed by atoms with Crippen LogP contribution in [0.5, 0.6) is 0 Å². The molecule has 0 aromatic rings. The molecule has 1 saturated carbocycles. The molecule has 0 spiro atoms. The fourth-order valence-electron chi connectivity index (χ4n) is 1.48. The highest BCUT2D eigenvalue weighted by atomic mass is 16.1. The van der Waals surface area contributed by atoms with Gasteiger partial charge in [0.15, 0.2) is 0 Å². The van der Waals surface area contributed by atoms with Gasteiger partial charge in [-0.25, -0.2) is 0 Å². The normalized spacial score (nSPS) is 21.8. The summed E-state index contributed by atoms with van der Waals surface area (Å²) in [6.07, 6.45) is 3.31. The van der Waals surface area contributed by atoms with E-state index in [2.05, 4.69) is 12.2 Å². The molecule has 0 saturated heterocycles. The Morgan fingerprint density at radius 3 is 2.58 bits per heavy atom. The molecule has 12 heavy (non-hydrogen) atoms. The van der Waals surface area contributed by atoms with Crippen LogP contribution in [0.4, 0.5) is 0 Å². The molecule has 1 fully saturated rings. The summed E-state index contributed by atoms with van der Waals surface area (Å²) in [5, 5.41) is 3.23. The Labute approximate surface area is 73.7 Å². The van der Waals surface area contributed by atoms with Crippen LogP contribution >= 0.6 is 0 Å². The topological polar surface area (TPSA) is 55.1 Å². The quantitative estimate of drug-likeness (QED) is 0.636. The highest BCUT2D eigenvalue weighted by Gasteiger charge is 2.45. The lowest BCUT2D eigenvalue weighted by molar-refractivity contribution is -0.124. The number of carbonyl (C=O) groups excluding carboxylic acids is 1. The van der Waals surface area contributed by atoms with E-state index in [9.17, 15) is 4.79 Å². The Morgan fingerprint density at radius 1 is 1.67 bits per heavy atom. The lowest BCUT2D eigenvalue weighted by Crippen LogP contribution is -2.55. The number of primary amides is 1. The molecule has 1 aliphatic rings. The van der Waals surface area contributed by atoms with Crippen molar-refractivity contribution in [3.05, 3.63) is 0 Å². The Kier molecular flexibility index (Phi) is 2.73. The van der Waals surface area contributed by atoms with Crippen molar-refractivity contribution in [2.75, 3.05) is 6.54 Å². The molecule has 0 radical (unpaired) electrons. The first kappa shape index (κ1) is 9.52. The summed E-state index contributed by atoms with van der Waals surface area (Å²) in [6, 6.07) is 0. The van der Waals surface area contributed by atoms with Crippen LogP contribution in [0.2, 0.25) is 0 Å². The summed E-state index contributed by atoms with van der Waals surface area (Å²) in [7, 11) is 0. The van der Waals surface area contributed by atoms with Gasteiger partial charge in [0.2, 0.25) is 5.91 Å². The summed E-state index contributed by atoms with van der Waals surface area (Å²) in [6.45, 7) is 4.87. The third-order valence-corrected chi connectivity index (χ3v) is 2.65. The maximum atomic E-state index is 11.2. The Morgan fingerprint density at radius 2 is 2.25 bits per heavy atom. The van der Waals surface area contributed by atoms with E-state index >= 15 is 0 Å². The first-order valence-corrected chi connectivity index (χ1v) is 4.66. The molecule has 0 aromatic carbocycles. The lowest BCUT2D eigenvalue weighted by Gasteiger charge is -2.27. The Bertz CT molecular complexity index is 177. The molecule has 0 heterocycles. The highest BCUT2D eigenvalue weighted by Crippen LogP contribution is 2.39. The van der Waals surface area contributed by atoms with Gasteiger partial charge in [-0.1, -0.05) is 6.92 Å². The molecule has 0 aliphatic heterocycles. The van der Waals surface area contributed by atoms with Crippen molar-refractivity contribution in [2.45, 2.75) is 38.6 Å². The minimum atomic E-state index is -0.448. The van der Waals surface area contributed by atoms with E-state index in [-0.39, 0.29) is 5.91 Å². The minimum Gasteiger partial charge on any atom is -0.368 e. The van der Waals surface area contributed by atoms with E-state index < -0.39 is 5.54 Å². The van der Waals surface area contributed by atoms with Crippen molar-refractivity contribution < 1.29 is 4.79 Å². The maximum Gasteiger partial charge on any atom is 0.237 e. The summed E-state index contributed by atoms with van der Waals surface area (Å²) in [5.41, 5.74) is 4.90. The second-order valence-corrected chi connectivity index (χ2v) is 3.77. The lowest BCUT2D eigenvalue weighted by atomic mass is 9.95. The second-order valence-electron chi connectivity index (χ2n) is 3.77. The van der Waals surface area contributed by atoms with E-state index in [0.29, 0.717) is 5.92 Å². The molecule has 0 aromatic heterocycles. The zero-order valence-electron chi connectivity index (χ0n) is 7.89. The van der Waals surface area contributed by atoms with Gasteiger partial charge in [0.25, 0.3) is 0 Å². The number of carbonyl (C=O) groups is 1. The van der Waals surface area contributed by atoms with Crippen molar-refractivity contribution in [1.29, 1.82) is 0 Å². The summed E-state index contributed by atoms with van der Waals surface area (Å²) in [5.74, 6) is 0.264. The van der Waals surface area contributed by atoms with Crippen molar-refractivity contribution in [3.8, 4) is 0 Å². The number of amides is 1. The zero-order valence-corrected chi connectivity index (χ0v) is 7.89. The van der Waals surface area contributed by atoms with Crippen LogP contribution in [0, 0.1) is 5.92 Å². The molecule has 1 unspecified atom stereocenters. The van der Waals surface area contributed by atoms with E-state index in [0.717, 1.165) is 25.8 Å². The van der Waals surface area contributed by atoms with Gasteiger partial charge in [-0.3, -0.25) is 4.79 Å². The Hall–Kier alpha value is -0.570. The van der Waals surface area contributed by atoms with Crippen LogP contribution in [0.3, 0.4) is 0 Å². The fourth-order valence-corrected chi connectivity index (χ4v) is 1.48. The standard InChI is InChI=1S/C9H18N2O/c1-3-6-11-9(2,8(10)12)7-4-5-7/h7,11H,3-6H2,1-2H3,(H2,10,12). The van der Waals surface area contributed by atoms with Crippen LogP contribution in [-0.2, 0) is 4.79 Å². The molecule has 1 atom stereocenters. The van der Waals surface area contributed by atoms with Gasteiger partial charge in [0.05, 0.1) is 5.54 Å². The first-order valence-electron chi connectivity index (χ1n) is 4.66. The highest BCUT2D eigenvalue weighted by molar-refractivity contribution is 5.85. The number of rotatable bonds is 5. The average Bonchev–Trinajstić information content (AvgIpc) is 2.82. The van der Waals surface area contributed by atoms with Gasteiger partial charge >= 0.3 is 0 Å². The van der Waals surface area contributed by atoms with Gasteiger partial charge in [0.1, 0.15) is 0 Å². The molecular weight excluding hydrogens is 152 g/mol. The number of nitrogens with two attached hydrogens (primary N) is 1. The van der Waals surface area contributed by atoms with Gasteiger partial charge in [-0.05, 0) is 38.6 Å². The average molecular weight is 170 g/mol. The van der Waals surface area contributed by atoms with E-state index in [1.807, 2.05) is 6.92 Å². The van der Waals surface area contributed by atoms with Crippen LogP contribution in [0.1, 0.15) is 33.1 Å². The number of hydrogen-bond donors (Lipinski definition) is 2. The monoisotopic (exact) mass is 170 g/mol. The van der Waals surface area contributed by atoms with Crippen LogP contribution in [0.25, 0.3) is 0 Å². The number of nitrogens with one attached hydrogen (secondary N) is 1. The molecule has 70 valence electrons. The molecule has 1 aliphatic carbocycles. The Balaban J connectivity index is 2.52. The number of hydrogen-bond acceptors (Lipinski definition) is 2. The zero-order chi connectivity index (χ0) is 9.19.